The number of carbonyl (C=O) groups excluding carboxylic acids is 1. The molecule has 0 aliphatic carbocycles. The molecule has 4 rings (SSSR count). The second kappa shape index (κ2) is 6.02. The summed E-state index contributed by atoms with van der Waals surface area (Å²) in [4.78, 5) is 14.9. The van der Waals surface area contributed by atoms with E-state index in [1.165, 1.54) is 20.5 Å². The third-order valence-corrected chi connectivity index (χ3v) is 6.71. The molecule has 1 aromatic heterocycles. The number of hydrogen-bond donors (Lipinski definition) is 1. The van der Waals surface area contributed by atoms with Gasteiger partial charge in [0.05, 0.1) is 10.9 Å². The molecule has 23 heavy (non-hydrogen) atoms. The number of carbonyl (C=O) groups is 1. The van der Waals surface area contributed by atoms with Crippen molar-refractivity contribution in [2.75, 3.05) is 5.75 Å². The molecule has 0 bridgehead atoms. The molecule has 0 saturated heterocycles. The van der Waals surface area contributed by atoms with Crippen LogP contribution in [-0.4, -0.2) is 11.7 Å². The van der Waals surface area contributed by atoms with Gasteiger partial charge in [-0.15, -0.1) is 23.1 Å². The SMILES string of the molecule is Cc1c(C(=O)NC2CCSc3ccccc32)sc2ccccc12. The zero-order chi connectivity index (χ0) is 15.8. The maximum Gasteiger partial charge on any atom is 0.262 e. The summed E-state index contributed by atoms with van der Waals surface area (Å²) in [5.74, 6) is 1.10. The summed E-state index contributed by atoms with van der Waals surface area (Å²) < 4.78 is 1.18. The quantitative estimate of drug-likeness (QED) is 0.697. The minimum Gasteiger partial charge on any atom is -0.344 e. The molecule has 0 fully saturated rings. The largest absolute Gasteiger partial charge is 0.344 e. The van der Waals surface area contributed by atoms with Crippen LogP contribution in [0.1, 0.15) is 33.3 Å². The number of thiophene rings is 1. The van der Waals surface area contributed by atoms with Crippen molar-refractivity contribution in [3.63, 3.8) is 0 Å². The summed E-state index contributed by atoms with van der Waals surface area (Å²) >= 11 is 3.46. The van der Waals surface area contributed by atoms with Crippen molar-refractivity contribution < 1.29 is 4.79 Å². The minimum atomic E-state index is 0.0513. The number of nitrogens with one attached hydrogen (secondary N) is 1. The molecule has 0 spiro atoms. The van der Waals surface area contributed by atoms with Crippen LogP contribution in [0.3, 0.4) is 0 Å². The van der Waals surface area contributed by atoms with E-state index in [1.54, 1.807) is 11.3 Å². The molecule has 0 radical (unpaired) electrons. The van der Waals surface area contributed by atoms with E-state index in [9.17, 15) is 4.79 Å². The number of amides is 1. The average Bonchev–Trinajstić information content (AvgIpc) is 2.93. The van der Waals surface area contributed by atoms with Crippen molar-refractivity contribution >= 4 is 39.1 Å². The molecular formula is C19H17NOS2. The zero-order valence-electron chi connectivity index (χ0n) is 12.8. The highest BCUT2D eigenvalue weighted by molar-refractivity contribution is 7.99. The van der Waals surface area contributed by atoms with Crippen LogP contribution >= 0.6 is 23.1 Å². The van der Waals surface area contributed by atoms with E-state index < -0.39 is 0 Å². The second-order valence-corrected chi connectivity index (χ2v) is 7.94. The lowest BCUT2D eigenvalue weighted by Crippen LogP contribution is -2.30. The Labute approximate surface area is 143 Å². The Morgan fingerprint density at radius 1 is 1.13 bits per heavy atom. The van der Waals surface area contributed by atoms with Gasteiger partial charge >= 0.3 is 0 Å². The number of aryl methyl sites for hydroxylation is 1. The fourth-order valence-electron chi connectivity index (χ4n) is 3.11. The smallest absolute Gasteiger partial charge is 0.262 e. The Morgan fingerprint density at radius 3 is 2.78 bits per heavy atom. The molecule has 1 unspecified atom stereocenters. The normalized spacial score (nSPS) is 17.0. The molecule has 2 aromatic carbocycles. The van der Waals surface area contributed by atoms with Crippen LogP contribution in [0.2, 0.25) is 0 Å². The van der Waals surface area contributed by atoms with Gasteiger partial charge in [0.25, 0.3) is 5.91 Å². The molecular weight excluding hydrogens is 322 g/mol. The molecule has 2 nitrogen and oxygen atoms in total. The predicted molar refractivity (Wildman–Crippen MR) is 98.6 cm³/mol. The number of benzene rings is 2. The molecule has 1 N–H and O–H groups in total. The summed E-state index contributed by atoms with van der Waals surface area (Å²) in [5.41, 5.74) is 2.33. The first-order chi connectivity index (χ1) is 11.2. The van der Waals surface area contributed by atoms with E-state index in [0.717, 1.165) is 22.6 Å². The van der Waals surface area contributed by atoms with Gasteiger partial charge < -0.3 is 5.32 Å². The second-order valence-electron chi connectivity index (χ2n) is 5.75. The van der Waals surface area contributed by atoms with Crippen LogP contribution in [0, 0.1) is 6.92 Å². The van der Waals surface area contributed by atoms with Gasteiger partial charge in [0, 0.05) is 15.3 Å². The van der Waals surface area contributed by atoms with E-state index in [1.807, 2.05) is 30.8 Å². The van der Waals surface area contributed by atoms with Crippen LogP contribution in [-0.2, 0) is 0 Å². The molecule has 1 aliphatic heterocycles. The topological polar surface area (TPSA) is 29.1 Å². The summed E-state index contributed by atoms with van der Waals surface area (Å²) in [5, 5.41) is 4.43. The molecule has 0 saturated carbocycles. The predicted octanol–water partition coefficient (Wildman–Crippen LogP) is 5.18. The molecule has 3 aromatic rings. The Kier molecular flexibility index (Phi) is 3.87. The van der Waals surface area contributed by atoms with Gasteiger partial charge in [0.15, 0.2) is 0 Å². The van der Waals surface area contributed by atoms with Gasteiger partial charge in [-0.05, 0) is 42.0 Å². The van der Waals surface area contributed by atoms with Gasteiger partial charge in [0.1, 0.15) is 0 Å². The van der Waals surface area contributed by atoms with Gasteiger partial charge in [-0.3, -0.25) is 4.79 Å². The summed E-state index contributed by atoms with van der Waals surface area (Å²) in [6, 6.07) is 16.7. The summed E-state index contributed by atoms with van der Waals surface area (Å²) in [6.45, 7) is 2.04. The van der Waals surface area contributed by atoms with Crippen LogP contribution in [0.4, 0.5) is 0 Å². The third-order valence-electron chi connectivity index (χ3n) is 4.31. The average molecular weight is 339 g/mol. The van der Waals surface area contributed by atoms with Crippen LogP contribution in [0.15, 0.2) is 53.4 Å². The third kappa shape index (κ3) is 2.66. The molecule has 2 heterocycles. The fraction of sp³-hybridized carbons (Fsp3) is 0.211. The summed E-state index contributed by atoms with van der Waals surface area (Å²) in [6.07, 6.45) is 0.983. The summed E-state index contributed by atoms with van der Waals surface area (Å²) in [7, 11) is 0. The Hall–Kier alpha value is -1.78. The monoisotopic (exact) mass is 339 g/mol. The number of hydrogen-bond acceptors (Lipinski definition) is 3. The van der Waals surface area contributed by atoms with E-state index >= 15 is 0 Å². The zero-order valence-corrected chi connectivity index (χ0v) is 14.5. The standard InChI is InChI=1S/C19H17NOS2/c1-12-13-6-2-5-9-17(13)23-18(12)19(21)20-15-10-11-22-16-8-4-3-7-14(15)16/h2-9,15H,10-11H2,1H3,(H,20,21). The molecule has 1 aliphatic rings. The molecule has 1 amide bonds. The highest BCUT2D eigenvalue weighted by atomic mass is 32.2. The van der Waals surface area contributed by atoms with Crippen LogP contribution in [0.5, 0.6) is 0 Å². The lowest BCUT2D eigenvalue weighted by molar-refractivity contribution is 0.0938. The van der Waals surface area contributed by atoms with Crippen LogP contribution in [0.25, 0.3) is 10.1 Å². The number of rotatable bonds is 2. The van der Waals surface area contributed by atoms with E-state index in [2.05, 4.69) is 41.7 Å². The lowest BCUT2D eigenvalue weighted by atomic mass is 10.0. The minimum absolute atomic E-state index is 0.0513. The van der Waals surface area contributed by atoms with Gasteiger partial charge in [0.2, 0.25) is 0 Å². The van der Waals surface area contributed by atoms with Crippen molar-refractivity contribution in [2.24, 2.45) is 0 Å². The van der Waals surface area contributed by atoms with Gasteiger partial charge in [-0.1, -0.05) is 36.4 Å². The van der Waals surface area contributed by atoms with E-state index in [4.69, 9.17) is 0 Å². The van der Waals surface area contributed by atoms with Gasteiger partial charge in [-0.2, -0.15) is 0 Å². The number of fused-ring (bicyclic) bond motifs is 2. The van der Waals surface area contributed by atoms with Crippen molar-refractivity contribution in [2.45, 2.75) is 24.3 Å². The fourth-order valence-corrected chi connectivity index (χ4v) is 5.34. The van der Waals surface area contributed by atoms with Crippen molar-refractivity contribution in [3.05, 3.63) is 64.5 Å². The van der Waals surface area contributed by atoms with Crippen molar-refractivity contribution in [1.82, 2.24) is 5.32 Å². The Morgan fingerprint density at radius 2 is 1.91 bits per heavy atom. The highest BCUT2D eigenvalue weighted by Crippen LogP contribution is 2.37. The highest BCUT2D eigenvalue weighted by Gasteiger charge is 2.24. The van der Waals surface area contributed by atoms with Gasteiger partial charge in [-0.25, -0.2) is 0 Å². The van der Waals surface area contributed by atoms with E-state index in [0.29, 0.717) is 0 Å². The van der Waals surface area contributed by atoms with Crippen molar-refractivity contribution in [1.29, 1.82) is 0 Å². The Bertz CT molecular complexity index is 884. The lowest BCUT2D eigenvalue weighted by Gasteiger charge is -2.25. The van der Waals surface area contributed by atoms with Crippen LogP contribution < -0.4 is 5.32 Å². The molecule has 1 atom stereocenters. The first-order valence-corrected chi connectivity index (χ1v) is 9.55. The maximum absolute atomic E-state index is 12.8. The first-order valence-electron chi connectivity index (χ1n) is 7.75. The molecule has 116 valence electrons. The Balaban J connectivity index is 1.64. The van der Waals surface area contributed by atoms with E-state index in [-0.39, 0.29) is 11.9 Å². The number of thioether (sulfide) groups is 1. The maximum atomic E-state index is 12.8. The first kappa shape index (κ1) is 14.8. The van der Waals surface area contributed by atoms with Crippen molar-refractivity contribution in [3.8, 4) is 0 Å². The molecule has 4 heteroatoms.